The van der Waals surface area contributed by atoms with Crippen LogP contribution in [0.5, 0.6) is 0 Å². The Hall–Kier alpha value is -2.09. The number of H-pyrrole nitrogens is 1. The summed E-state index contributed by atoms with van der Waals surface area (Å²) in [6.07, 6.45) is 1.18. The van der Waals surface area contributed by atoms with Crippen LogP contribution in [0.15, 0.2) is 52.2 Å². The molecule has 142 valence electrons. The number of para-hydroxylation sites is 2. The number of sulfonamides is 1. The van der Waals surface area contributed by atoms with Gasteiger partial charge in [-0.1, -0.05) is 23.7 Å². The van der Waals surface area contributed by atoms with E-state index in [1.165, 1.54) is 4.31 Å². The van der Waals surface area contributed by atoms with Gasteiger partial charge < -0.3 is 4.98 Å². The van der Waals surface area contributed by atoms with E-state index in [1.54, 1.807) is 29.7 Å². The minimum Gasteiger partial charge on any atom is -0.306 e. The maximum absolute atomic E-state index is 13.0. The lowest BCUT2D eigenvalue weighted by molar-refractivity contribution is 0.274. The van der Waals surface area contributed by atoms with Crippen LogP contribution in [0.2, 0.25) is 5.02 Å². The summed E-state index contributed by atoms with van der Waals surface area (Å²) < 4.78 is 29.3. The number of halogens is 1. The lowest BCUT2D eigenvalue weighted by atomic mass is 10.1. The quantitative estimate of drug-likeness (QED) is 0.726. The SMILES string of the molecule is Cc1cc(Cl)ccc1S(=O)(=O)N1CCC(n2c(=O)[nH]c3ccccc32)CC1. The van der Waals surface area contributed by atoms with Gasteiger partial charge in [-0.25, -0.2) is 13.2 Å². The largest absolute Gasteiger partial charge is 0.326 e. The second-order valence-corrected chi connectivity index (χ2v) is 9.21. The predicted octanol–water partition coefficient (Wildman–Crippen LogP) is 3.32. The van der Waals surface area contributed by atoms with Crippen molar-refractivity contribution in [1.29, 1.82) is 0 Å². The summed E-state index contributed by atoms with van der Waals surface area (Å²) in [7, 11) is -3.57. The van der Waals surface area contributed by atoms with Crippen LogP contribution in [-0.4, -0.2) is 35.4 Å². The van der Waals surface area contributed by atoms with Gasteiger partial charge in [-0.3, -0.25) is 4.57 Å². The zero-order chi connectivity index (χ0) is 19.2. The maximum Gasteiger partial charge on any atom is 0.326 e. The second-order valence-electron chi connectivity index (χ2n) is 6.86. The molecule has 4 rings (SSSR count). The lowest BCUT2D eigenvalue weighted by Gasteiger charge is -2.32. The normalized spacial score (nSPS) is 16.8. The highest BCUT2D eigenvalue weighted by Gasteiger charge is 2.32. The molecule has 2 heterocycles. The Balaban J connectivity index is 1.58. The van der Waals surface area contributed by atoms with Crippen molar-refractivity contribution in [2.24, 2.45) is 0 Å². The summed E-state index contributed by atoms with van der Waals surface area (Å²) >= 11 is 5.95. The number of nitrogens with one attached hydrogen (secondary N) is 1. The van der Waals surface area contributed by atoms with Gasteiger partial charge in [0.2, 0.25) is 10.0 Å². The summed E-state index contributed by atoms with van der Waals surface area (Å²) in [5.74, 6) is 0. The Kier molecular flexibility index (Phi) is 4.61. The number of aromatic amines is 1. The molecule has 1 N–H and O–H groups in total. The van der Waals surface area contributed by atoms with E-state index in [-0.39, 0.29) is 16.6 Å². The summed E-state index contributed by atoms with van der Waals surface area (Å²) in [5, 5.41) is 0.517. The summed E-state index contributed by atoms with van der Waals surface area (Å²) in [6, 6.07) is 12.4. The van der Waals surface area contributed by atoms with Crippen molar-refractivity contribution in [3.05, 3.63) is 63.5 Å². The first-order valence-corrected chi connectivity index (χ1v) is 10.7. The number of aromatic nitrogens is 2. The molecule has 0 amide bonds. The molecule has 0 unspecified atom stereocenters. The van der Waals surface area contributed by atoms with Crippen LogP contribution in [-0.2, 0) is 10.0 Å². The van der Waals surface area contributed by atoms with Gasteiger partial charge in [-0.05, 0) is 55.7 Å². The van der Waals surface area contributed by atoms with Crippen LogP contribution in [0.3, 0.4) is 0 Å². The third kappa shape index (κ3) is 3.20. The number of aryl methyl sites for hydroxylation is 1. The topological polar surface area (TPSA) is 75.2 Å². The van der Waals surface area contributed by atoms with Gasteiger partial charge in [0.05, 0.1) is 15.9 Å². The van der Waals surface area contributed by atoms with Crippen LogP contribution in [0.4, 0.5) is 0 Å². The molecule has 27 heavy (non-hydrogen) atoms. The number of benzene rings is 2. The second kappa shape index (κ2) is 6.82. The standard InChI is InChI=1S/C19H20ClN3O3S/c1-13-12-14(20)6-7-18(13)27(25,26)22-10-8-15(9-11-22)23-17-5-3-2-4-16(17)21-19(23)24/h2-7,12,15H,8-11H2,1H3,(H,21,24). The average Bonchev–Trinajstić information content (AvgIpc) is 2.97. The van der Waals surface area contributed by atoms with Crippen molar-refractivity contribution in [3.8, 4) is 0 Å². The molecule has 6 nitrogen and oxygen atoms in total. The molecule has 1 fully saturated rings. The highest BCUT2D eigenvalue weighted by molar-refractivity contribution is 7.89. The molecule has 1 saturated heterocycles. The van der Waals surface area contributed by atoms with E-state index >= 15 is 0 Å². The highest BCUT2D eigenvalue weighted by atomic mass is 35.5. The smallest absolute Gasteiger partial charge is 0.306 e. The Morgan fingerprint density at radius 1 is 1.11 bits per heavy atom. The fourth-order valence-corrected chi connectivity index (χ4v) is 5.72. The van der Waals surface area contributed by atoms with Gasteiger partial charge in [0.25, 0.3) is 0 Å². The van der Waals surface area contributed by atoms with Crippen LogP contribution in [0, 0.1) is 6.92 Å². The van der Waals surface area contributed by atoms with E-state index in [0.717, 1.165) is 11.0 Å². The zero-order valence-electron chi connectivity index (χ0n) is 14.9. The first-order chi connectivity index (χ1) is 12.9. The molecule has 0 spiro atoms. The van der Waals surface area contributed by atoms with Gasteiger partial charge in [0.1, 0.15) is 0 Å². The van der Waals surface area contributed by atoms with Gasteiger partial charge in [0.15, 0.2) is 0 Å². The van der Waals surface area contributed by atoms with E-state index in [1.807, 2.05) is 24.3 Å². The van der Waals surface area contributed by atoms with Crippen molar-refractivity contribution >= 4 is 32.7 Å². The highest BCUT2D eigenvalue weighted by Crippen LogP contribution is 2.29. The molecule has 0 radical (unpaired) electrons. The minimum atomic E-state index is -3.57. The van der Waals surface area contributed by atoms with Crippen molar-refractivity contribution in [3.63, 3.8) is 0 Å². The molecule has 3 aromatic rings. The third-order valence-corrected chi connectivity index (χ3v) is 7.46. The van der Waals surface area contributed by atoms with Crippen molar-refractivity contribution in [2.75, 3.05) is 13.1 Å². The van der Waals surface area contributed by atoms with E-state index < -0.39 is 10.0 Å². The zero-order valence-corrected chi connectivity index (χ0v) is 16.4. The average molecular weight is 406 g/mol. The molecular weight excluding hydrogens is 386 g/mol. The van der Waals surface area contributed by atoms with E-state index in [9.17, 15) is 13.2 Å². The summed E-state index contributed by atoms with van der Waals surface area (Å²) in [4.78, 5) is 15.5. The molecule has 0 aliphatic carbocycles. The van der Waals surface area contributed by atoms with Crippen molar-refractivity contribution in [2.45, 2.75) is 30.7 Å². The molecule has 1 aliphatic heterocycles. The van der Waals surface area contributed by atoms with Crippen LogP contribution in [0.1, 0.15) is 24.4 Å². The molecule has 0 atom stereocenters. The molecule has 0 saturated carbocycles. The first kappa shape index (κ1) is 18.3. The van der Waals surface area contributed by atoms with Gasteiger partial charge >= 0.3 is 5.69 Å². The fraction of sp³-hybridized carbons (Fsp3) is 0.316. The molecular formula is C19H20ClN3O3S. The Bertz CT molecular complexity index is 1160. The number of hydrogen-bond acceptors (Lipinski definition) is 3. The van der Waals surface area contributed by atoms with Crippen molar-refractivity contribution in [1.82, 2.24) is 13.9 Å². The van der Waals surface area contributed by atoms with Crippen LogP contribution < -0.4 is 5.69 Å². The molecule has 2 aromatic carbocycles. The summed E-state index contributed by atoms with van der Waals surface area (Å²) in [6.45, 7) is 2.50. The van der Waals surface area contributed by atoms with E-state index in [4.69, 9.17) is 11.6 Å². The van der Waals surface area contributed by atoms with Crippen LogP contribution >= 0.6 is 11.6 Å². The number of imidazole rings is 1. The van der Waals surface area contributed by atoms with Crippen LogP contribution in [0.25, 0.3) is 11.0 Å². The molecule has 8 heteroatoms. The fourth-order valence-electron chi connectivity index (χ4n) is 3.82. The summed E-state index contributed by atoms with van der Waals surface area (Å²) in [5.41, 5.74) is 2.15. The molecule has 0 bridgehead atoms. The Morgan fingerprint density at radius 2 is 1.81 bits per heavy atom. The van der Waals surface area contributed by atoms with E-state index in [2.05, 4.69) is 4.98 Å². The predicted molar refractivity (Wildman–Crippen MR) is 106 cm³/mol. The van der Waals surface area contributed by atoms with Crippen molar-refractivity contribution < 1.29 is 8.42 Å². The minimum absolute atomic E-state index is 0.0218. The molecule has 1 aliphatic rings. The number of rotatable bonds is 3. The first-order valence-electron chi connectivity index (χ1n) is 8.83. The molecule has 1 aromatic heterocycles. The maximum atomic E-state index is 13.0. The lowest BCUT2D eigenvalue weighted by Crippen LogP contribution is -2.40. The van der Waals surface area contributed by atoms with Gasteiger partial charge in [-0.15, -0.1) is 0 Å². The van der Waals surface area contributed by atoms with Gasteiger partial charge in [-0.2, -0.15) is 4.31 Å². The third-order valence-electron chi connectivity index (χ3n) is 5.17. The van der Waals surface area contributed by atoms with E-state index in [0.29, 0.717) is 36.5 Å². The van der Waals surface area contributed by atoms with Gasteiger partial charge in [0, 0.05) is 24.2 Å². The number of hydrogen-bond donors (Lipinski definition) is 1. The number of fused-ring (bicyclic) bond motifs is 1. The Morgan fingerprint density at radius 3 is 2.52 bits per heavy atom. The number of piperidine rings is 1. The number of nitrogens with zero attached hydrogens (tertiary/aromatic N) is 2. The monoisotopic (exact) mass is 405 g/mol. The Labute approximate surface area is 162 Å².